The number of carbonyl (C=O) groups excluding carboxylic acids is 1. The monoisotopic (exact) mass is 250 g/mol. The lowest BCUT2D eigenvalue weighted by atomic mass is 10.0. The quantitative estimate of drug-likeness (QED) is 0.831. The molecule has 1 fully saturated rings. The Balaban J connectivity index is 2.10. The first-order valence-corrected chi connectivity index (χ1v) is 6.17. The molecular formula is C13H18N2O3. The Labute approximate surface area is 105 Å². The van der Waals surface area contributed by atoms with Crippen LogP contribution < -0.4 is 5.56 Å². The summed E-state index contributed by atoms with van der Waals surface area (Å²) in [7, 11) is 1.62. The number of aromatic amines is 1. The van der Waals surface area contributed by atoms with E-state index >= 15 is 0 Å². The molecule has 0 aliphatic heterocycles. The molecule has 0 saturated heterocycles. The Bertz CT molecular complexity index is 489. The standard InChI is InChI=1S/C13H18N2O3/c1-15(9-13(18)6-2-3-7-13)12(17)10-5-4-8-14-11(10)16/h4-5,8,18H,2-3,6-7,9H2,1H3,(H,14,16). The molecule has 0 bridgehead atoms. The van der Waals surface area contributed by atoms with E-state index in [9.17, 15) is 14.7 Å². The van der Waals surface area contributed by atoms with Gasteiger partial charge in [-0.2, -0.15) is 0 Å². The number of pyridine rings is 1. The van der Waals surface area contributed by atoms with Crippen LogP contribution in [0.3, 0.4) is 0 Å². The van der Waals surface area contributed by atoms with E-state index in [1.165, 1.54) is 17.2 Å². The van der Waals surface area contributed by atoms with Gasteiger partial charge in [-0.1, -0.05) is 12.8 Å². The lowest BCUT2D eigenvalue weighted by Crippen LogP contribution is -2.43. The average Bonchev–Trinajstić information content (AvgIpc) is 2.75. The predicted octanol–water partition coefficient (Wildman–Crippen LogP) is 0.752. The van der Waals surface area contributed by atoms with Crippen molar-refractivity contribution in [1.29, 1.82) is 0 Å². The number of amides is 1. The van der Waals surface area contributed by atoms with Crippen molar-refractivity contribution in [3.63, 3.8) is 0 Å². The Morgan fingerprint density at radius 2 is 2.17 bits per heavy atom. The summed E-state index contributed by atoms with van der Waals surface area (Å²) in [4.78, 5) is 27.5. The van der Waals surface area contributed by atoms with Crippen LogP contribution in [0.1, 0.15) is 36.0 Å². The molecule has 0 atom stereocenters. The van der Waals surface area contributed by atoms with Crippen LogP contribution in [0.15, 0.2) is 23.1 Å². The van der Waals surface area contributed by atoms with Gasteiger partial charge in [0.25, 0.3) is 11.5 Å². The van der Waals surface area contributed by atoms with E-state index in [0.717, 1.165) is 25.7 Å². The van der Waals surface area contributed by atoms with Crippen LogP contribution in [0.4, 0.5) is 0 Å². The Morgan fingerprint density at radius 1 is 1.50 bits per heavy atom. The Kier molecular flexibility index (Phi) is 3.52. The highest BCUT2D eigenvalue weighted by molar-refractivity contribution is 5.93. The summed E-state index contributed by atoms with van der Waals surface area (Å²) in [6.07, 6.45) is 4.91. The Hall–Kier alpha value is -1.62. The second-order valence-corrected chi connectivity index (χ2v) is 5.01. The molecule has 2 N–H and O–H groups in total. The summed E-state index contributed by atoms with van der Waals surface area (Å²) in [5.74, 6) is -0.350. The highest BCUT2D eigenvalue weighted by Crippen LogP contribution is 2.30. The number of aromatic nitrogens is 1. The van der Waals surface area contributed by atoms with Gasteiger partial charge in [-0.3, -0.25) is 9.59 Å². The first kappa shape index (κ1) is 12.8. The molecular weight excluding hydrogens is 232 g/mol. The maximum Gasteiger partial charge on any atom is 0.260 e. The molecule has 5 heteroatoms. The molecule has 1 aromatic heterocycles. The topological polar surface area (TPSA) is 73.4 Å². The van der Waals surface area contributed by atoms with Crippen molar-refractivity contribution in [3.05, 3.63) is 34.2 Å². The molecule has 1 aliphatic rings. The van der Waals surface area contributed by atoms with Gasteiger partial charge in [0.05, 0.1) is 5.60 Å². The summed E-state index contributed by atoms with van der Waals surface area (Å²) in [6.45, 7) is 0.278. The third-order valence-electron chi connectivity index (χ3n) is 3.46. The predicted molar refractivity (Wildman–Crippen MR) is 67.4 cm³/mol. The van der Waals surface area contributed by atoms with Crippen LogP contribution in [-0.4, -0.2) is 40.1 Å². The van der Waals surface area contributed by atoms with E-state index in [2.05, 4.69) is 4.98 Å². The maximum atomic E-state index is 12.1. The molecule has 1 aromatic rings. The molecule has 1 aliphatic carbocycles. The van der Waals surface area contributed by atoms with Gasteiger partial charge in [-0.25, -0.2) is 0 Å². The van der Waals surface area contributed by atoms with Gasteiger partial charge in [0.2, 0.25) is 0 Å². The van der Waals surface area contributed by atoms with E-state index in [1.807, 2.05) is 0 Å². The largest absolute Gasteiger partial charge is 0.388 e. The van der Waals surface area contributed by atoms with E-state index in [-0.39, 0.29) is 18.0 Å². The average molecular weight is 250 g/mol. The van der Waals surface area contributed by atoms with Crippen LogP contribution in [0.5, 0.6) is 0 Å². The van der Waals surface area contributed by atoms with Crippen molar-refractivity contribution in [2.75, 3.05) is 13.6 Å². The number of nitrogens with zero attached hydrogens (tertiary/aromatic N) is 1. The maximum absolute atomic E-state index is 12.1. The van der Waals surface area contributed by atoms with Crippen LogP contribution in [0.25, 0.3) is 0 Å². The molecule has 2 rings (SSSR count). The zero-order valence-electron chi connectivity index (χ0n) is 10.5. The van der Waals surface area contributed by atoms with Gasteiger partial charge in [0, 0.05) is 19.8 Å². The number of nitrogens with one attached hydrogen (secondary N) is 1. The molecule has 98 valence electrons. The SMILES string of the molecule is CN(CC1(O)CCCC1)C(=O)c1ccc[nH]c1=O. The number of carbonyl (C=O) groups is 1. The van der Waals surface area contributed by atoms with Gasteiger partial charge in [0.1, 0.15) is 5.56 Å². The number of hydrogen-bond donors (Lipinski definition) is 2. The van der Waals surface area contributed by atoms with E-state index in [0.29, 0.717) is 0 Å². The minimum atomic E-state index is -0.786. The second kappa shape index (κ2) is 4.94. The number of rotatable bonds is 3. The van der Waals surface area contributed by atoms with Gasteiger partial charge in [-0.05, 0) is 25.0 Å². The fourth-order valence-corrected chi connectivity index (χ4v) is 2.50. The summed E-state index contributed by atoms with van der Waals surface area (Å²) < 4.78 is 0. The normalized spacial score (nSPS) is 17.7. The van der Waals surface area contributed by atoms with Gasteiger partial charge < -0.3 is 15.0 Å². The van der Waals surface area contributed by atoms with E-state index in [4.69, 9.17) is 0 Å². The molecule has 0 spiro atoms. The molecule has 0 radical (unpaired) electrons. The third kappa shape index (κ3) is 2.61. The molecule has 0 unspecified atom stereocenters. The molecule has 1 heterocycles. The van der Waals surface area contributed by atoms with E-state index < -0.39 is 11.2 Å². The molecule has 18 heavy (non-hydrogen) atoms. The number of aliphatic hydroxyl groups is 1. The van der Waals surface area contributed by atoms with Crippen molar-refractivity contribution in [3.8, 4) is 0 Å². The van der Waals surface area contributed by atoms with Gasteiger partial charge >= 0.3 is 0 Å². The lowest BCUT2D eigenvalue weighted by Gasteiger charge is -2.28. The van der Waals surface area contributed by atoms with E-state index in [1.54, 1.807) is 13.1 Å². The smallest absolute Gasteiger partial charge is 0.260 e. The third-order valence-corrected chi connectivity index (χ3v) is 3.46. The number of hydrogen-bond acceptors (Lipinski definition) is 3. The molecule has 1 amide bonds. The second-order valence-electron chi connectivity index (χ2n) is 5.01. The van der Waals surface area contributed by atoms with Crippen molar-refractivity contribution >= 4 is 5.91 Å². The van der Waals surface area contributed by atoms with Crippen molar-refractivity contribution in [2.45, 2.75) is 31.3 Å². The van der Waals surface area contributed by atoms with Gasteiger partial charge in [0.15, 0.2) is 0 Å². The fraction of sp³-hybridized carbons (Fsp3) is 0.538. The van der Waals surface area contributed by atoms with Crippen LogP contribution in [-0.2, 0) is 0 Å². The summed E-state index contributed by atoms with van der Waals surface area (Å²) in [6, 6.07) is 3.11. The molecule has 1 saturated carbocycles. The first-order valence-electron chi connectivity index (χ1n) is 6.17. The molecule has 5 nitrogen and oxygen atoms in total. The first-order chi connectivity index (χ1) is 8.52. The van der Waals surface area contributed by atoms with Crippen LogP contribution >= 0.6 is 0 Å². The highest BCUT2D eigenvalue weighted by Gasteiger charge is 2.33. The zero-order chi connectivity index (χ0) is 13.2. The fourth-order valence-electron chi connectivity index (χ4n) is 2.50. The number of H-pyrrole nitrogens is 1. The van der Waals surface area contributed by atoms with Crippen LogP contribution in [0, 0.1) is 0 Å². The van der Waals surface area contributed by atoms with Gasteiger partial charge in [-0.15, -0.1) is 0 Å². The van der Waals surface area contributed by atoms with Crippen molar-refractivity contribution < 1.29 is 9.90 Å². The summed E-state index contributed by atoms with van der Waals surface area (Å²) >= 11 is 0. The summed E-state index contributed by atoms with van der Waals surface area (Å²) in [5, 5.41) is 10.2. The summed E-state index contributed by atoms with van der Waals surface area (Å²) in [5.41, 5.74) is -1.07. The zero-order valence-corrected chi connectivity index (χ0v) is 10.5. The molecule has 0 aromatic carbocycles. The minimum Gasteiger partial charge on any atom is -0.388 e. The highest BCUT2D eigenvalue weighted by atomic mass is 16.3. The van der Waals surface area contributed by atoms with Crippen molar-refractivity contribution in [1.82, 2.24) is 9.88 Å². The number of likely N-dealkylation sites (N-methyl/N-ethyl adjacent to an activating group) is 1. The Morgan fingerprint density at radius 3 is 2.78 bits per heavy atom. The lowest BCUT2D eigenvalue weighted by molar-refractivity contribution is 0.0156. The minimum absolute atomic E-state index is 0.113. The van der Waals surface area contributed by atoms with Crippen molar-refractivity contribution in [2.24, 2.45) is 0 Å². The van der Waals surface area contributed by atoms with Crippen LogP contribution in [0.2, 0.25) is 0 Å².